The number of carbonyl (C=O) groups is 1. The van der Waals surface area contributed by atoms with Gasteiger partial charge in [0.15, 0.2) is 5.01 Å². The van der Waals surface area contributed by atoms with Crippen molar-refractivity contribution in [3.8, 4) is 5.69 Å². The van der Waals surface area contributed by atoms with Crippen LogP contribution in [0.5, 0.6) is 0 Å². The molecule has 2 aromatic heterocycles. The molecule has 28 heavy (non-hydrogen) atoms. The van der Waals surface area contributed by atoms with E-state index in [1.165, 1.54) is 16.9 Å². The minimum atomic E-state index is -0.188. The first-order valence-corrected chi connectivity index (χ1v) is 11.0. The molecule has 0 unspecified atom stereocenters. The molecule has 7 heteroatoms. The SMILES string of the molecule is Cc1ccc(-n2nc3c(c2NC(=O)c2nc4ccccc4s2)CSC3)c(C)c1. The lowest BCUT2D eigenvalue weighted by molar-refractivity contribution is 0.102. The largest absolute Gasteiger partial charge is 0.304 e. The van der Waals surface area contributed by atoms with Crippen molar-refractivity contribution in [3.05, 3.63) is 69.9 Å². The number of hydrogen-bond donors (Lipinski definition) is 1. The van der Waals surface area contributed by atoms with Gasteiger partial charge in [0.1, 0.15) is 5.82 Å². The van der Waals surface area contributed by atoms with Crippen molar-refractivity contribution in [3.63, 3.8) is 0 Å². The standard InChI is InChI=1S/C21H18N4OS2/c1-12-7-8-17(13(2)9-12)25-19(14-10-27-11-16(14)24-25)23-20(26)21-22-15-5-3-4-6-18(15)28-21/h3-9H,10-11H2,1-2H3,(H,23,26). The fourth-order valence-electron chi connectivity index (χ4n) is 3.49. The van der Waals surface area contributed by atoms with E-state index < -0.39 is 0 Å². The third kappa shape index (κ3) is 2.91. The van der Waals surface area contributed by atoms with Crippen LogP contribution in [0.4, 0.5) is 5.82 Å². The second kappa shape index (κ2) is 6.76. The molecule has 0 atom stereocenters. The smallest absolute Gasteiger partial charge is 0.285 e. The Morgan fingerprint density at radius 3 is 2.82 bits per heavy atom. The number of aryl methyl sites for hydroxylation is 2. The van der Waals surface area contributed by atoms with Gasteiger partial charge in [0.25, 0.3) is 5.91 Å². The number of para-hydroxylation sites is 1. The van der Waals surface area contributed by atoms with Crippen molar-refractivity contribution in [2.24, 2.45) is 0 Å². The van der Waals surface area contributed by atoms with Crippen LogP contribution in [-0.2, 0) is 11.5 Å². The van der Waals surface area contributed by atoms with Gasteiger partial charge < -0.3 is 5.32 Å². The minimum Gasteiger partial charge on any atom is -0.304 e. The summed E-state index contributed by atoms with van der Waals surface area (Å²) in [6.45, 7) is 4.15. The highest BCUT2D eigenvalue weighted by Crippen LogP contribution is 2.37. The van der Waals surface area contributed by atoms with Gasteiger partial charge in [0.05, 0.1) is 21.6 Å². The monoisotopic (exact) mass is 406 g/mol. The molecular formula is C21H18N4OS2. The maximum Gasteiger partial charge on any atom is 0.285 e. The number of hydrogen-bond acceptors (Lipinski definition) is 5. The van der Waals surface area contributed by atoms with Crippen molar-refractivity contribution < 1.29 is 4.79 Å². The Morgan fingerprint density at radius 1 is 1.14 bits per heavy atom. The van der Waals surface area contributed by atoms with Crippen LogP contribution in [-0.4, -0.2) is 20.7 Å². The highest BCUT2D eigenvalue weighted by atomic mass is 32.2. The first kappa shape index (κ1) is 17.5. The van der Waals surface area contributed by atoms with Crippen molar-refractivity contribution >= 4 is 45.0 Å². The van der Waals surface area contributed by atoms with Gasteiger partial charge in [-0.05, 0) is 37.6 Å². The Hall–Kier alpha value is -2.64. The molecule has 1 aliphatic heterocycles. The first-order chi connectivity index (χ1) is 13.6. The summed E-state index contributed by atoms with van der Waals surface area (Å²) in [6, 6.07) is 14.1. The van der Waals surface area contributed by atoms with E-state index in [1.54, 1.807) is 0 Å². The number of benzene rings is 2. The predicted octanol–water partition coefficient (Wildman–Crippen LogP) is 5.10. The molecule has 5 nitrogen and oxygen atoms in total. The Morgan fingerprint density at radius 2 is 2.00 bits per heavy atom. The normalized spacial score (nSPS) is 13.1. The number of thioether (sulfide) groups is 1. The van der Waals surface area contributed by atoms with Gasteiger partial charge in [0, 0.05) is 17.1 Å². The number of nitrogens with one attached hydrogen (secondary N) is 1. The molecule has 5 rings (SSSR count). The summed E-state index contributed by atoms with van der Waals surface area (Å²) < 4.78 is 2.89. The van der Waals surface area contributed by atoms with Crippen molar-refractivity contribution in [2.75, 3.05) is 5.32 Å². The van der Waals surface area contributed by atoms with E-state index in [2.05, 4.69) is 42.3 Å². The van der Waals surface area contributed by atoms with Crippen molar-refractivity contribution in [1.82, 2.24) is 14.8 Å². The maximum absolute atomic E-state index is 13.0. The number of amides is 1. The fraction of sp³-hybridized carbons (Fsp3) is 0.190. The van der Waals surface area contributed by atoms with Crippen LogP contribution in [0.25, 0.3) is 15.9 Å². The predicted molar refractivity (Wildman–Crippen MR) is 116 cm³/mol. The average Bonchev–Trinajstić information content (AvgIpc) is 3.37. The van der Waals surface area contributed by atoms with Gasteiger partial charge in [-0.15, -0.1) is 11.3 Å². The Kier molecular flexibility index (Phi) is 4.21. The number of fused-ring (bicyclic) bond motifs is 2. The van der Waals surface area contributed by atoms with Crippen molar-refractivity contribution in [1.29, 1.82) is 0 Å². The summed E-state index contributed by atoms with van der Waals surface area (Å²) in [4.78, 5) is 17.5. The number of aromatic nitrogens is 3. The van der Waals surface area contributed by atoms with Gasteiger partial charge >= 0.3 is 0 Å². The quantitative estimate of drug-likeness (QED) is 0.514. The van der Waals surface area contributed by atoms with E-state index in [4.69, 9.17) is 5.10 Å². The molecule has 140 valence electrons. The van der Waals surface area contributed by atoms with Crippen LogP contribution in [0.3, 0.4) is 0 Å². The second-order valence-electron chi connectivity index (χ2n) is 6.91. The second-order valence-corrected chi connectivity index (χ2v) is 8.93. The lowest BCUT2D eigenvalue weighted by Crippen LogP contribution is -2.16. The fourth-order valence-corrected chi connectivity index (χ4v) is 5.38. The van der Waals surface area contributed by atoms with E-state index in [-0.39, 0.29) is 5.91 Å². The molecule has 4 aromatic rings. The van der Waals surface area contributed by atoms with Gasteiger partial charge in [-0.1, -0.05) is 29.8 Å². The van der Waals surface area contributed by atoms with Gasteiger partial charge in [-0.2, -0.15) is 16.9 Å². The molecule has 1 N–H and O–H groups in total. The molecule has 0 fully saturated rings. The van der Waals surface area contributed by atoms with Crippen LogP contribution in [0, 0.1) is 13.8 Å². The number of rotatable bonds is 3. The molecule has 2 aromatic carbocycles. The van der Waals surface area contributed by atoms with Crippen molar-refractivity contribution in [2.45, 2.75) is 25.4 Å². The minimum absolute atomic E-state index is 0.188. The zero-order valence-corrected chi connectivity index (χ0v) is 17.2. The lowest BCUT2D eigenvalue weighted by atomic mass is 10.1. The molecule has 0 radical (unpaired) electrons. The topological polar surface area (TPSA) is 59.8 Å². The number of nitrogens with zero attached hydrogens (tertiary/aromatic N) is 3. The first-order valence-electron chi connectivity index (χ1n) is 9.03. The highest BCUT2D eigenvalue weighted by Gasteiger charge is 2.26. The zero-order valence-electron chi connectivity index (χ0n) is 15.5. The molecular weight excluding hydrogens is 388 g/mol. The lowest BCUT2D eigenvalue weighted by Gasteiger charge is -2.13. The van der Waals surface area contributed by atoms with Crippen LogP contribution in [0.1, 0.15) is 32.2 Å². The third-order valence-corrected chi connectivity index (χ3v) is 6.86. The molecule has 0 spiro atoms. The van der Waals surface area contributed by atoms with Crippen LogP contribution < -0.4 is 5.32 Å². The Bertz CT molecular complexity index is 1190. The van der Waals surface area contributed by atoms with Crippen LogP contribution in [0.15, 0.2) is 42.5 Å². The Balaban J connectivity index is 1.56. The van der Waals surface area contributed by atoms with E-state index in [0.717, 1.165) is 50.0 Å². The maximum atomic E-state index is 13.0. The van der Waals surface area contributed by atoms with E-state index in [0.29, 0.717) is 5.01 Å². The summed E-state index contributed by atoms with van der Waals surface area (Å²) in [7, 11) is 0. The molecule has 0 saturated heterocycles. The average molecular weight is 407 g/mol. The summed E-state index contributed by atoms with van der Waals surface area (Å²) in [5.74, 6) is 2.30. The van der Waals surface area contributed by atoms with E-state index in [9.17, 15) is 4.79 Å². The molecule has 0 bridgehead atoms. The summed E-state index contributed by atoms with van der Waals surface area (Å²) in [5, 5.41) is 8.38. The number of anilines is 1. The summed E-state index contributed by atoms with van der Waals surface area (Å²) in [6.07, 6.45) is 0. The van der Waals surface area contributed by atoms with Gasteiger partial charge in [-0.25, -0.2) is 9.67 Å². The molecule has 0 saturated carbocycles. The van der Waals surface area contributed by atoms with Crippen LogP contribution >= 0.6 is 23.1 Å². The third-order valence-electron chi connectivity index (χ3n) is 4.85. The van der Waals surface area contributed by atoms with Gasteiger partial charge in [-0.3, -0.25) is 4.79 Å². The molecule has 1 amide bonds. The highest BCUT2D eigenvalue weighted by molar-refractivity contribution is 7.98. The molecule has 1 aliphatic rings. The molecule has 0 aliphatic carbocycles. The van der Waals surface area contributed by atoms with E-state index >= 15 is 0 Å². The number of thiazole rings is 1. The number of carbonyl (C=O) groups excluding carboxylic acids is 1. The van der Waals surface area contributed by atoms with Gasteiger partial charge in [0.2, 0.25) is 0 Å². The zero-order chi connectivity index (χ0) is 19.3. The summed E-state index contributed by atoms with van der Waals surface area (Å²) in [5.41, 5.74) is 6.33. The van der Waals surface area contributed by atoms with E-state index in [1.807, 2.05) is 40.7 Å². The summed E-state index contributed by atoms with van der Waals surface area (Å²) >= 11 is 3.23. The Labute approximate surface area is 170 Å². The molecule has 3 heterocycles. The van der Waals surface area contributed by atoms with Crippen LogP contribution in [0.2, 0.25) is 0 Å².